The van der Waals surface area contributed by atoms with E-state index < -0.39 is 5.54 Å². The topological polar surface area (TPSA) is 58.7 Å². The Morgan fingerprint density at radius 1 is 1.19 bits per heavy atom. The molecule has 2 heterocycles. The zero-order valence-corrected chi connectivity index (χ0v) is 19.8. The smallest absolute Gasteiger partial charge is 0.266 e. The Bertz CT molecular complexity index is 1200. The van der Waals surface area contributed by atoms with Crippen molar-refractivity contribution in [3.05, 3.63) is 69.9 Å². The van der Waals surface area contributed by atoms with Crippen LogP contribution in [0.2, 0.25) is 5.02 Å². The Labute approximate surface area is 191 Å². The quantitative estimate of drug-likeness (QED) is 0.449. The SMILES string of the molecule is Cc1ccc(C)c(N=C2SCC(C)(C)N2C(=O)c2c(-c3ccccc3Cl)noc2C)c1. The Kier molecular flexibility index (Phi) is 5.71. The number of carbonyl (C=O) groups excluding carboxylic acids is 1. The fraction of sp³-hybridized carbons (Fsp3) is 0.292. The predicted octanol–water partition coefficient (Wildman–Crippen LogP) is 6.58. The molecule has 5 nitrogen and oxygen atoms in total. The number of hydrogen-bond donors (Lipinski definition) is 0. The molecule has 0 N–H and O–H groups in total. The van der Waals surface area contributed by atoms with E-state index >= 15 is 0 Å². The minimum Gasteiger partial charge on any atom is -0.360 e. The first-order chi connectivity index (χ1) is 14.7. The summed E-state index contributed by atoms with van der Waals surface area (Å²) in [4.78, 5) is 20.5. The van der Waals surface area contributed by atoms with Crippen LogP contribution in [0.15, 0.2) is 52.0 Å². The summed E-state index contributed by atoms with van der Waals surface area (Å²) >= 11 is 7.98. The maximum absolute atomic E-state index is 13.9. The number of halogens is 1. The molecular weight excluding hydrogens is 430 g/mol. The second-order valence-electron chi connectivity index (χ2n) is 8.37. The highest BCUT2D eigenvalue weighted by Gasteiger charge is 2.43. The van der Waals surface area contributed by atoms with Crippen molar-refractivity contribution in [3.63, 3.8) is 0 Å². The minimum absolute atomic E-state index is 0.187. The van der Waals surface area contributed by atoms with Gasteiger partial charge in [-0.3, -0.25) is 9.69 Å². The molecule has 0 saturated carbocycles. The zero-order chi connectivity index (χ0) is 22.3. The van der Waals surface area contributed by atoms with E-state index in [0.29, 0.717) is 32.8 Å². The second kappa shape index (κ2) is 8.17. The van der Waals surface area contributed by atoms with Gasteiger partial charge in [-0.05, 0) is 57.9 Å². The average molecular weight is 454 g/mol. The first kappa shape index (κ1) is 21.7. The van der Waals surface area contributed by atoms with Gasteiger partial charge in [0.25, 0.3) is 5.91 Å². The summed E-state index contributed by atoms with van der Waals surface area (Å²) < 4.78 is 5.44. The van der Waals surface area contributed by atoms with E-state index in [9.17, 15) is 4.79 Å². The van der Waals surface area contributed by atoms with Crippen LogP contribution in [-0.2, 0) is 0 Å². The zero-order valence-electron chi connectivity index (χ0n) is 18.2. The standard InChI is InChI=1S/C24H24ClN3O2S/c1-14-10-11-15(2)19(12-14)26-23-28(24(4,5)13-31-23)22(29)20-16(3)30-27-21(20)17-8-6-7-9-18(17)25/h6-12H,13H2,1-5H3. The summed E-state index contributed by atoms with van der Waals surface area (Å²) in [5, 5.41) is 5.36. The number of benzene rings is 2. The lowest BCUT2D eigenvalue weighted by Crippen LogP contribution is -2.46. The molecule has 3 aromatic rings. The van der Waals surface area contributed by atoms with E-state index in [1.54, 1.807) is 29.7 Å². The number of thioether (sulfide) groups is 1. The molecule has 1 aliphatic heterocycles. The van der Waals surface area contributed by atoms with Gasteiger partial charge in [0.05, 0.1) is 16.2 Å². The Morgan fingerprint density at radius 3 is 2.68 bits per heavy atom. The molecule has 0 bridgehead atoms. The lowest BCUT2D eigenvalue weighted by atomic mass is 10.0. The van der Waals surface area contributed by atoms with Gasteiger partial charge in [0.1, 0.15) is 17.0 Å². The summed E-state index contributed by atoms with van der Waals surface area (Å²) in [5.41, 5.74) is 4.17. The molecule has 7 heteroatoms. The Hall–Kier alpha value is -2.57. The third-order valence-electron chi connectivity index (χ3n) is 5.34. The van der Waals surface area contributed by atoms with Gasteiger partial charge in [-0.15, -0.1) is 0 Å². The van der Waals surface area contributed by atoms with Crippen LogP contribution in [-0.4, -0.2) is 32.4 Å². The van der Waals surface area contributed by atoms with Gasteiger partial charge < -0.3 is 4.52 Å². The van der Waals surface area contributed by atoms with Crippen molar-refractivity contribution in [1.82, 2.24) is 10.1 Å². The van der Waals surface area contributed by atoms with E-state index in [-0.39, 0.29) is 5.91 Å². The van der Waals surface area contributed by atoms with Crippen LogP contribution in [0.5, 0.6) is 0 Å². The maximum atomic E-state index is 13.9. The molecule has 1 saturated heterocycles. The average Bonchev–Trinajstić information content (AvgIpc) is 3.24. The van der Waals surface area contributed by atoms with Crippen molar-refractivity contribution in [3.8, 4) is 11.3 Å². The number of hydrogen-bond acceptors (Lipinski definition) is 5. The van der Waals surface area contributed by atoms with Crippen LogP contribution >= 0.6 is 23.4 Å². The third-order valence-corrected chi connectivity index (χ3v) is 7.05. The summed E-state index contributed by atoms with van der Waals surface area (Å²) in [6, 6.07) is 13.5. The van der Waals surface area contributed by atoms with Gasteiger partial charge in [0, 0.05) is 11.3 Å². The molecule has 0 aliphatic carbocycles. The number of rotatable bonds is 3. The van der Waals surface area contributed by atoms with Crippen LogP contribution in [0.4, 0.5) is 5.69 Å². The van der Waals surface area contributed by atoms with Gasteiger partial charge in [0.15, 0.2) is 5.17 Å². The molecule has 1 amide bonds. The molecule has 160 valence electrons. The van der Waals surface area contributed by atoms with Crippen LogP contribution in [0.1, 0.15) is 41.1 Å². The van der Waals surface area contributed by atoms with Crippen molar-refractivity contribution in [1.29, 1.82) is 0 Å². The molecular formula is C24H24ClN3O2S. The molecule has 1 fully saturated rings. The first-order valence-electron chi connectivity index (χ1n) is 10.0. The van der Waals surface area contributed by atoms with Crippen molar-refractivity contribution in [2.75, 3.05) is 5.75 Å². The highest BCUT2D eigenvalue weighted by molar-refractivity contribution is 8.14. The molecule has 0 unspecified atom stereocenters. The van der Waals surface area contributed by atoms with E-state index in [2.05, 4.69) is 11.2 Å². The largest absolute Gasteiger partial charge is 0.360 e. The number of nitrogens with zero attached hydrogens (tertiary/aromatic N) is 3. The number of aromatic nitrogens is 1. The monoisotopic (exact) mass is 453 g/mol. The number of carbonyl (C=O) groups is 1. The lowest BCUT2D eigenvalue weighted by Gasteiger charge is -2.30. The number of amides is 1. The van der Waals surface area contributed by atoms with Gasteiger partial charge in [-0.25, -0.2) is 4.99 Å². The summed E-state index contributed by atoms with van der Waals surface area (Å²) in [6.07, 6.45) is 0. The van der Waals surface area contributed by atoms with E-state index in [1.807, 2.05) is 58.0 Å². The normalized spacial score (nSPS) is 16.8. The molecule has 2 aromatic carbocycles. The van der Waals surface area contributed by atoms with Gasteiger partial charge in [-0.1, -0.05) is 58.9 Å². The van der Waals surface area contributed by atoms with Crippen LogP contribution in [0.3, 0.4) is 0 Å². The van der Waals surface area contributed by atoms with Crippen molar-refractivity contribution < 1.29 is 9.32 Å². The van der Waals surface area contributed by atoms with E-state index in [1.165, 1.54) is 0 Å². The van der Waals surface area contributed by atoms with Gasteiger partial charge in [-0.2, -0.15) is 0 Å². The van der Waals surface area contributed by atoms with Crippen LogP contribution < -0.4 is 0 Å². The molecule has 1 aromatic heterocycles. The number of aryl methyl sites for hydroxylation is 3. The molecule has 1 aliphatic rings. The Balaban J connectivity index is 1.82. The van der Waals surface area contributed by atoms with E-state index in [4.69, 9.17) is 21.1 Å². The highest BCUT2D eigenvalue weighted by Crippen LogP contribution is 2.39. The van der Waals surface area contributed by atoms with Crippen molar-refractivity contribution >= 4 is 40.1 Å². The molecule has 4 rings (SSSR count). The fourth-order valence-electron chi connectivity index (χ4n) is 3.59. The van der Waals surface area contributed by atoms with Crippen molar-refractivity contribution in [2.45, 2.75) is 40.2 Å². The molecule has 0 radical (unpaired) electrons. The van der Waals surface area contributed by atoms with Gasteiger partial charge in [0.2, 0.25) is 0 Å². The van der Waals surface area contributed by atoms with Crippen LogP contribution in [0, 0.1) is 20.8 Å². The summed E-state index contributed by atoms with van der Waals surface area (Å²) in [5.74, 6) is 1.01. The number of aliphatic imine (C=N–C) groups is 1. The van der Waals surface area contributed by atoms with E-state index in [0.717, 1.165) is 22.6 Å². The molecule has 0 spiro atoms. The fourth-order valence-corrected chi connectivity index (χ4v) is 5.05. The second-order valence-corrected chi connectivity index (χ2v) is 9.72. The minimum atomic E-state index is -0.417. The first-order valence-corrected chi connectivity index (χ1v) is 11.4. The van der Waals surface area contributed by atoms with Crippen LogP contribution in [0.25, 0.3) is 11.3 Å². The molecule has 31 heavy (non-hydrogen) atoms. The Morgan fingerprint density at radius 2 is 1.94 bits per heavy atom. The molecule has 0 atom stereocenters. The number of amidine groups is 1. The van der Waals surface area contributed by atoms with Crippen molar-refractivity contribution in [2.24, 2.45) is 4.99 Å². The summed E-state index contributed by atoms with van der Waals surface area (Å²) in [6.45, 7) is 9.89. The predicted molar refractivity (Wildman–Crippen MR) is 127 cm³/mol. The highest BCUT2D eigenvalue weighted by atomic mass is 35.5. The third kappa shape index (κ3) is 4.02. The van der Waals surface area contributed by atoms with Gasteiger partial charge >= 0.3 is 0 Å². The summed E-state index contributed by atoms with van der Waals surface area (Å²) in [7, 11) is 0. The lowest BCUT2D eigenvalue weighted by molar-refractivity contribution is 0.0766. The maximum Gasteiger partial charge on any atom is 0.266 e.